The van der Waals surface area contributed by atoms with Crippen molar-refractivity contribution in [3.63, 3.8) is 0 Å². The summed E-state index contributed by atoms with van der Waals surface area (Å²) in [5.41, 5.74) is 0. The summed E-state index contributed by atoms with van der Waals surface area (Å²) >= 11 is 1.45. The molecule has 0 radical (unpaired) electrons. The molecule has 0 saturated carbocycles. The van der Waals surface area contributed by atoms with Crippen LogP contribution >= 0.6 is 11.3 Å². The van der Waals surface area contributed by atoms with Crippen LogP contribution in [0.15, 0.2) is 17.5 Å². The number of carbonyl (C=O) groups is 1. The van der Waals surface area contributed by atoms with E-state index >= 15 is 0 Å². The summed E-state index contributed by atoms with van der Waals surface area (Å²) in [6, 6.07) is 3.68. The van der Waals surface area contributed by atoms with Crippen molar-refractivity contribution in [1.82, 2.24) is 5.32 Å². The Balaban J connectivity index is 1.97. The molecule has 5 heteroatoms. The maximum Gasteiger partial charge on any atom is 0.261 e. The highest BCUT2D eigenvalue weighted by Crippen LogP contribution is 2.07. The van der Waals surface area contributed by atoms with Gasteiger partial charge in [0.2, 0.25) is 0 Å². The third-order valence-corrected chi connectivity index (χ3v) is 2.80. The van der Waals surface area contributed by atoms with Crippen LogP contribution in [0.3, 0.4) is 0 Å². The molecule has 1 rings (SSSR count). The summed E-state index contributed by atoms with van der Waals surface area (Å²) in [6.07, 6.45) is 0.820. The molecule has 1 amide bonds. The Morgan fingerprint density at radius 1 is 1.44 bits per heavy atom. The standard InChI is InChI=1S/C11H17NO3S/c1-14-7-8-15-6-3-5-12-11(13)10-4-2-9-16-10/h2,4,9H,3,5-8H2,1H3,(H,12,13). The molecule has 0 aromatic carbocycles. The zero-order valence-corrected chi connectivity index (χ0v) is 10.2. The van der Waals surface area contributed by atoms with Crippen LogP contribution in [-0.4, -0.2) is 39.4 Å². The second-order valence-corrected chi connectivity index (χ2v) is 4.14. The largest absolute Gasteiger partial charge is 0.382 e. The van der Waals surface area contributed by atoms with Gasteiger partial charge in [-0.3, -0.25) is 4.79 Å². The van der Waals surface area contributed by atoms with Gasteiger partial charge in [-0.1, -0.05) is 6.07 Å². The molecule has 0 saturated heterocycles. The van der Waals surface area contributed by atoms with Gasteiger partial charge in [0.15, 0.2) is 0 Å². The molecule has 1 heterocycles. The lowest BCUT2D eigenvalue weighted by Gasteiger charge is -2.04. The second-order valence-electron chi connectivity index (χ2n) is 3.19. The highest BCUT2D eigenvalue weighted by Gasteiger charge is 2.04. The molecular formula is C11H17NO3S. The van der Waals surface area contributed by atoms with E-state index in [0.717, 1.165) is 11.3 Å². The lowest BCUT2D eigenvalue weighted by Crippen LogP contribution is -2.24. The van der Waals surface area contributed by atoms with Crippen molar-refractivity contribution in [2.75, 3.05) is 33.5 Å². The van der Waals surface area contributed by atoms with Crippen molar-refractivity contribution in [2.24, 2.45) is 0 Å². The summed E-state index contributed by atoms with van der Waals surface area (Å²) in [6.45, 7) is 2.51. The summed E-state index contributed by atoms with van der Waals surface area (Å²) < 4.78 is 10.1. The number of rotatable bonds is 8. The average molecular weight is 243 g/mol. The number of amides is 1. The fraction of sp³-hybridized carbons (Fsp3) is 0.545. The van der Waals surface area contributed by atoms with Crippen molar-refractivity contribution < 1.29 is 14.3 Å². The predicted molar refractivity (Wildman–Crippen MR) is 64.0 cm³/mol. The van der Waals surface area contributed by atoms with Gasteiger partial charge in [-0.2, -0.15) is 0 Å². The van der Waals surface area contributed by atoms with Crippen LogP contribution in [0.25, 0.3) is 0 Å². The van der Waals surface area contributed by atoms with Gasteiger partial charge in [0, 0.05) is 20.3 Å². The number of ether oxygens (including phenoxy) is 2. The van der Waals surface area contributed by atoms with E-state index in [-0.39, 0.29) is 5.91 Å². The molecule has 90 valence electrons. The molecule has 0 fully saturated rings. The molecule has 16 heavy (non-hydrogen) atoms. The van der Waals surface area contributed by atoms with Crippen molar-refractivity contribution in [3.8, 4) is 0 Å². The van der Waals surface area contributed by atoms with E-state index in [1.54, 1.807) is 7.11 Å². The number of hydrogen-bond acceptors (Lipinski definition) is 4. The van der Waals surface area contributed by atoms with E-state index < -0.39 is 0 Å². The van der Waals surface area contributed by atoms with Crippen LogP contribution in [0, 0.1) is 0 Å². The number of carbonyl (C=O) groups excluding carboxylic acids is 1. The van der Waals surface area contributed by atoms with Crippen LogP contribution in [0.2, 0.25) is 0 Å². The monoisotopic (exact) mass is 243 g/mol. The summed E-state index contributed by atoms with van der Waals surface area (Å²) in [4.78, 5) is 12.2. The Hall–Kier alpha value is -0.910. The first kappa shape index (κ1) is 13.2. The summed E-state index contributed by atoms with van der Waals surface area (Å²) in [7, 11) is 1.64. The molecule has 0 atom stereocenters. The maximum absolute atomic E-state index is 11.5. The molecule has 1 N–H and O–H groups in total. The first-order chi connectivity index (χ1) is 7.84. The van der Waals surface area contributed by atoms with Gasteiger partial charge in [0.1, 0.15) is 0 Å². The van der Waals surface area contributed by atoms with Gasteiger partial charge in [-0.15, -0.1) is 11.3 Å². The topological polar surface area (TPSA) is 47.6 Å². The molecule has 4 nitrogen and oxygen atoms in total. The molecule has 0 aliphatic carbocycles. The van der Waals surface area contributed by atoms with Gasteiger partial charge >= 0.3 is 0 Å². The quantitative estimate of drug-likeness (QED) is 0.704. The fourth-order valence-corrected chi connectivity index (χ4v) is 1.76. The SMILES string of the molecule is COCCOCCCNC(=O)c1cccs1. The molecule has 0 aliphatic heterocycles. The van der Waals surface area contributed by atoms with Gasteiger partial charge in [-0.25, -0.2) is 0 Å². The molecule has 0 unspecified atom stereocenters. The van der Waals surface area contributed by atoms with Crippen molar-refractivity contribution >= 4 is 17.2 Å². The molecule has 0 spiro atoms. The third kappa shape index (κ3) is 5.25. The highest BCUT2D eigenvalue weighted by atomic mass is 32.1. The minimum absolute atomic E-state index is 0.00751. The zero-order valence-electron chi connectivity index (χ0n) is 9.40. The third-order valence-electron chi connectivity index (χ3n) is 1.93. The number of nitrogens with one attached hydrogen (secondary N) is 1. The Bertz CT molecular complexity index is 287. The predicted octanol–water partition coefficient (Wildman–Crippen LogP) is 1.53. The lowest BCUT2D eigenvalue weighted by atomic mass is 10.4. The van der Waals surface area contributed by atoms with Gasteiger partial charge < -0.3 is 14.8 Å². The number of methoxy groups -OCH3 is 1. The van der Waals surface area contributed by atoms with E-state index in [9.17, 15) is 4.79 Å². The van der Waals surface area contributed by atoms with E-state index in [1.807, 2.05) is 17.5 Å². The van der Waals surface area contributed by atoms with Crippen molar-refractivity contribution in [2.45, 2.75) is 6.42 Å². The minimum Gasteiger partial charge on any atom is -0.382 e. The maximum atomic E-state index is 11.5. The fourth-order valence-electron chi connectivity index (χ4n) is 1.12. The van der Waals surface area contributed by atoms with E-state index in [2.05, 4.69) is 5.32 Å². The van der Waals surface area contributed by atoms with Crippen molar-refractivity contribution in [1.29, 1.82) is 0 Å². The van der Waals surface area contributed by atoms with Crippen LogP contribution in [0.4, 0.5) is 0 Å². The lowest BCUT2D eigenvalue weighted by molar-refractivity contribution is 0.0688. The second kappa shape index (κ2) is 8.27. The number of hydrogen-bond donors (Lipinski definition) is 1. The Morgan fingerprint density at radius 2 is 2.31 bits per heavy atom. The van der Waals surface area contributed by atoms with E-state index in [1.165, 1.54) is 11.3 Å². The molecular weight excluding hydrogens is 226 g/mol. The molecule has 1 aromatic heterocycles. The zero-order chi connectivity index (χ0) is 11.6. The van der Waals surface area contributed by atoms with Crippen LogP contribution < -0.4 is 5.32 Å². The first-order valence-electron chi connectivity index (χ1n) is 5.23. The minimum atomic E-state index is -0.00751. The van der Waals surface area contributed by atoms with Gasteiger partial charge in [0.05, 0.1) is 18.1 Å². The van der Waals surface area contributed by atoms with Crippen molar-refractivity contribution in [3.05, 3.63) is 22.4 Å². The summed E-state index contributed by atoms with van der Waals surface area (Å²) in [5.74, 6) is -0.00751. The van der Waals surface area contributed by atoms with Crippen LogP contribution in [-0.2, 0) is 9.47 Å². The van der Waals surface area contributed by atoms with E-state index in [4.69, 9.17) is 9.47 Å². The summed E-state index contributed by atoms with van der Waals surface area (Å²) in [5, 5.41) is 4.73. The smallest absolute Gasteiger partial charge is 0.261 e. The normalized spacial score (nSPS) is 10.3. The van der Waals surface area contributed by atoms with Gasteiger partial charge in [0.25, 0.3) is 5.91 Å². The van der Waals surface area contributed by atoms with Crippen LogP contribution in [0.1, 0.15) is 16.1 Å². The average Bonchev–Trinajstić information content (AvgIpc) is 2.81. The van der Waals surface area contributed by atoms with Gasteiger partial charge in [-0.05, 0) is 17.9 Å². The molecule has 1 aromatic rings. The Labute approximate surface area is 99.6 Å². The Kier molecular flexibility index (Phi) is 6.80. The molecule has 0 bridgehead atoms. The number of thiophene rings is 1. The van der Waals surface area contributed by atoms with E-state index in [0.29, 0.717) is 26.4 Å². The first-order valence-corrected chi connectivity index (χ1v) is 6.11. The highest BCUT2D eigenvalue weighted by molar-refractivity contribution is 7.12. The van der Waals surface area contributed by atoms with Crippen LogP contribution in [0.5, 0.6) is 0 Å². The Morgan fingerprint density at radius 3 is 3.00 bits per heavy atom. The molecule has 0 aliphatic rings.